The van der Waals surface area contributed by atoms with Crippen molar-refractivity contribution >= 4 is 37.0 Å². The third-order valence-corrected chi connectivity index (χ3v) is 11.4. The molecule has 7 N–H and O–H groups in total. The molecule has 1 unspecified atom stereocenters. The van der Waals surface area contributed by atoms with Gasteiger partial charge in [0.15, 0.2) is 18.0 Å². The topological polar surface area (TPSA) is 268 Å². The highest BCUT2D eigenvalue weighted by atomic mass is 31.2. The number of hydrogen-bond acceptors (Lipinski definition) is 16. The van der Waals surface area contributed by atoms with Crippen LogP contribution in [-0.4, -0.2) is 81.2 Å². The van der Waals surface area contributed by atoms with E-state index in [-0.39, 0.29) is 29.3 Å². The maximum absolute atomic E-state index is 14.7. The first kappa shape index (κ1) is 42.5. The van der Waals surface area contributed by atoms with E-state index in [1.807, 2.05) is 6.07 Å². The molecule has 0 spiro atoms. The molecule has 1 saturated carbocycles. The lowest BCUT2D eigenvalue weighted by molar-refractivity contribution is -0.172. The van der Waals surface area contributed by atoms with Crippen LogP contribution in [0.1, 0.15) is 78.5 Å². The number of nitriles is 1. The molecule has 1 aliphatic carbocycles. The molecular formula is C37H51N8O10P. The van der Waals surface area contributed by atoms with E-state index in [0.29, 0.717) is 18.4 Å². The zero-order valence-corrected chi connectivity index (χ0v) is 33.0. The number of fused-ring (bicyclic) bond motifs is 1. The molecule has 1 aromatic carbocycles. The number of nitrogens with one attached hydrogen (secondary N) is 1. The summed E-state index contributed by atoms with van der Waals surface area (Å²) in [6.45, 7) is 7.34. The van der Waals surface area contributed by atoms with Gasteiger partial charge in [-0.2, -0.15) is 15.4 Å². The first-order valence-electron chi connectivity index (χ1n) is 18.6. The maximum Gasteiger partial charge on any atom is 0.459 e. The normalized spacial score (nSPS) is 24.2. The van der Waals surface area contributed by atoms with Gasteiger partial charge in [-0.05, 0) is 68.7 Å². The molecule has 0 bridgehead atoms. The fourth-order valence-electron chi connectivity index (χ4n) is 6.32. The summed E-state index contributed by atoms with van der Waals surface area (Å²) >= 11 is 0. The van der Waals surface area contributed by atoms with Gasteiger partial charge in [0, 0.05) is 0 Å². The third kappa shape index (κ3) is 9.66. The first-order valence-corrected chi connectivity index (χ1v) is 20.2. The minimum Gasteiger partial charge on any atom is -0.461 e. The monoisotopic (exact) mass is 798 g/mol. The smallest absolute Gasteiger partial charge is 0.459 e. The van der Waals surface area contributed by atoms with Crippen molar-refractivity contribution in [2.45, 2.75) is 115 Å². The van der Waals surface area contributed by atoms with Crippen LogP contribution < -0.4 is 26.8 Å². The summed E-state index contributed by atoms with van der Waals surface area (Å²) in [6.07, 6.45) is 0.487. The third-order valence-electron chi connectivity index (χ3n) is 9.82. The minimum absolute atomic E-state index is 0.102. The van der Waals surface area contributed by atoms with Crippen LogP contribution in [0.4, 0.5) is 5.82 Å². The average molecular weight is 799 g/mol. The summed E-state index contributed by atoms with van der Waals surface area (Å²) in [4.78, 5) is 44.4. The fraction of sp³-hybridized carbons (Fsp3) is 0.568. The zero-order chi connectivity index (χ0) is 40.8. The van der Waals surface area contributed by atoms with Crippen LogP contribution >= 0.6 is 7.75 Å². The summed E-state index contributed by atoms with van der Waals surface area (Å²) in [5, 5.41) is 17.9. The van der Waals surface area contributed by atoms with Crippen molar-refractivity contribution in [3.8, 4) is 11.8 Å². The Kier molecular flexibility index (Phi) is 13.7. The standard InChI is InChI=1S/C37H51N8O10P/c1-21(2)28(39)35(47)52-31-30(26-16-17-27-33(41)42-20-43-45(26)27)54-37(18-38,32(31)53-36(48)29(40)22(3)4)19-50-56(49,55-25-14-10-7-11-15-25)44-23(5)34(46)51-24-12-8-6-9-13-24/h7,10-11,14-17,20-24,28-32H,6,8-9,12-13,19,39-40H2,1-5H3,(H,44,49)(H2,41,42,43)/t23-,28?,29-,30-,31-,32-,37+,56-/m0/s1. The molecule has 3 heterocycles. The quantitative estimate of drug-likeness (QED) is 0.0917. The zero-order valence-electron chi connectivity index (χ0n) is 32.1. The number of anilines is 1. The van der Waals surface area contributed by atoms with Gasteiger partial charge in [-0.1, -0.05) is 52.3 Å². The van der Waals surface area contributed by atoms with Crippen molar-refractivity contribution in [2.75, 3.05) is 12.3 Å². The molecule has 56 heavy (non-hydrogen) atoms. The minimum atomic E-state index is -4.63. The van der Waals surface area contributed by atoms with Gasteiger partial charge in [-0.3, -0.25) is 18.9 Å². The van der Waals surface area contributed by atoms with Crippen molar-refractivity contribution in [1.82, 2.24) is 19.7 Å². The molecule has 2 fully saturated rings. The van der Waals surface area contributed by atoms with Crippen molar-refractivity contribution in [3.05, 3.63) is 54.5 Å². The first-order chi connectivity index (χ1) is 26.6. The van der Waals surface area contributed by atoms with Gasteiger partial charge in [-0.15, -0.1) is 0 Å². The van der Waals surface area contributed by atoms with E-state index < -0.39 is 80.2 Å². The molecule has 0 radical (unpaired) electrons. The van der Waals surface area contributed by atoms with Crippen molar-refractivity contribution in [1.29, 1.82) is 5.26 Å². The predicted octanol–water partition coefficient (Wildman–Crippen LogP) is 3.49. The number of nitrogens with two attached hydrogens (primary N) is 3. The maximum atomic E-state index is 14.7. The molecule has 5 rings (SSSR count). The molecule has 8 atom stereocenters. The SMILES string of the molecule is CC(C)C(N)C(=O)O[C@H]1[C@H](c2ccc3c(N)ncnn23)O[C@](C#N)(CO[P@@](=O)(N[C@@H](C)C(=O)OC2CCCCC2)Oc2ccccc2)[C@H]1OC(=O)[C@@H](N)C(C)C. The lowest BCUT2D eigenvalue weighted by Gasteiger charge is -2.32. The predicted molar refractivity (Wildman–Crippen MR) is 201 cm³/mol. The molecule has 19 heteroatoms. The van der Waals surface area contributed by atoms with Crippen LogP contribution in [-0.2, 0) is 42.4 Å². The van der Waals surface area contributed by atoms with Crippen LogP contribution in [0, 0.1) is 23.2 Å². The number of esters is 3. The van der Waals surface area contributed by atoms with Gasteiger partial charge in [0.05, 0.1) is 5.69 Å². The van der Waals surface area contributed by atoms with Crippen LogP contribution in [0.3, 0.4) is 0 Å². The molecule has 1 saturated heterocycles. The summed E-state index contributed by atoms with van der Waals surface area (Å²) in [5.41, 5.74) is 16.7. The molecule has 3 aromatic rings. The Labute approximate surface area is 325 Å². The van der Waals surface area contributed by atoms with Gasteiger partial charge >= 0.3 is 25.7 Å². The fourth-order valence-corrected chi connectivity index (χ4v) is 7.84. The van der Waals surface area contributed by atoms with Crippen LogP contribution in [0.2, 0.25) is 0 Å². The largest absolute Gasteiger partial charge is 0.461 e. The van der Waals surface area contributed by atoms with Gasteiger partial charge in [-0.25, -0.2) is 14.1 Å². The molecule has 2 aromatic heterocycles. The molecule has 1 aliphatic heterocycles. The number of nitrogen functional groups attached to an aromatic ring is 1. The molecular weight excluding hydrogens is 747 g/mol. The average Bonchev–Trinajstić information content (AvgIpc) is 3.74. The molecule has 304 valence electrons. The van der Waals surface area contributed by atoms with E-state index in [2.05, 4.69) is 15.2 Å². The number of para-hydroxylation sites is 1. The summed E-state index contributed by atoms with van der Waals surface area (Å²) in [5.74, 6) is -3.09. The summed E-state index contributed by atoms with van der Waals surface area (Å²) < 4.78 is 52.0. The van der Waals surface area contributed by atoms with Crippen molar-refractivity contribution in [2.24, 2.45) is 23.3 Å². The molecule has 0 amide bonds. The van der Waals surface area contributed by atoms with E-state index in [0.717, 1.165) is 19.3 Å². The van der Waals surface area contributed by atoms with Gasteiger partial charge in [0.25, 0.3) is 0 Å². The number of benzene rings is 1. The van der Waals surface area contributed by atoms with Gasteiger partial charge in [0.2, 0.25) is 5.60 Å². The van der Waals surface area contributed by atoms with E-state index in [1.165, 1.54) is 29.9 Å². The summed E-state index contributed by atoms with van der Waals surface area (Å²) in [7, 11) is -4.63. The second kappa shape index (κ2) is 18.1. The lowest BCUT2D eigenvalue weighted by atomic mass is 9.95. The highest BCUT2D eigenvalue weighted by Crippen LogP contribution is 2.50. The Morgan fingerprint density at radius 3 is 2.23 bits per heavy atom. The number of carbonyl (C=O) groups excluding carboxylic acids is 3. The number of aromatic nitrogens is 3. The Balaban J connectivity index is 1.55. The van der Waals surface area contributed by atoms with E-state index in [4.69, 9.17) is 45.2 Å². The van der Waals surface area contributed by atoms with Crippen LogP contribution in [0.15, 0.2) is 48.8 Å². The van der Waals surface area contributed by atoms with Gasteiger partial charge in [0.1, 0.15) is 60.6 Å². The van der Waals surface area contributed by atoms with Crippen LogP contribution in [0.5, 0.6) is 5.75 Å². The number of nitrogens with zero attached hydrogens (tertiary/aromatic N) is 4. The molecule has 18 nitrogen and oxygen atoms in total. The number of carbonyl (C=O) groups is 3. The Bertz CT molecular complexity index is 1930. The lowest BCUT2D eigenvalue weighted by Crippen LogP contribution is -2.53. The number of rotatable bonds is 16. The van der Waals surface area contributed by atoms with Crippen molar-refractivity contribution < 1.29 is 46.9 Å². The Morgan fingerprint density at radius 2 is 1.61 bits per heavy atom. The number of ether oxygens (including phenoxy) is 4. The van der Waals surface area contributed by atoms with Crippen molar-refractivity contribution in [3.63, 3.8) is 0 Å². The summed E-state index contributed by atoms with van der Waals surface area (Å²) in [6, 6.07) is 9.68. The highest BCUT2D eigenvalue weighted by Gasteiger charge is 2.62. The van der Waals surface area contributed by atoms with E-state index in [9.17, 15) is 24.2 Å². The second-order valence-corrected chi connectivity index (χ2v) is 16.5. The number of hydrogen-bond donors (Lipinski definition) is 4. The molecule has 2 aliphatic rings. The van der Waals surface area contributed by atoms with E-state index in [1.54, 1.807) is 58.0 Å². The van der Waals surface area contributed by atoms with Crippen LogP contribution in [0.25, 0.3) is 5.52 Å². The second-order valence-electron chi connectivity index (χ2n) is 14.8. The Hall–Kier alpha value is -4.63. The highest BCUT2D eigenvalue weighted by molar-refractivity contribution is 7.52. The Morgan fingerprint density at radius 1 is 0.964 bits per heavy atom. The van der Waals surface area contributed by atoms with E-state index >= 15 is 0 Å². The van der Waals surface area contributed by atoms with Gasteiger partial charge < -0.3 is 40.7 Å².